The van der Waals surface area contributed by atoms with Gasteiger partial charge in [-0.25, -0.2) is 4.79 Å². The van der Waals surface area contributed by atoms with Gasteiger partial charge in [0.05, 0.1) is 19.0 Å². The molecular weight excluding hydrogens is 258 g/mol. The standard InChI is InChI=1S/C11H19NO5S/c1-3-16-10(13)12-7-11(8-12)5-4-9(6-11)17-18(2,14)15/h9H,3-8H2,1-2H3. The fourth-order valence-electron chi connectivity index (χ4n) is 2.88. The van der Waals surface area contributed by atoms with E-state index in [1.54, 1.807) is 11.8 Å². The van der Waals surface area contributed by atoms with Crippen LogP contribution in [0.2, 0.25) is 0 Å². The largest absolute Gasteiger partial charge is 0.450 e. The summed E-state index contributed by atoms with van der Waals surface area (Å²) in [6.07, 6.45) is 2.91. The van der Waals surface area contributed by atoms with Crippen LogP contribution in [0.25, 0.3) is 0 Å². The molecular formula is C11H19NO5S. The molecule has 2 aliphatic rings. The van der Waals surface area contributed by atoms with Crippen molar-refractivity contribution in [3.8, 4) is 0 Å². The molecule has 1 unspecified atom stereocenters. The minimum atomic E-state index is -3.39. The van der Waals surface area contributed by atoms with Crippen molar-refractivity contribution in [3.05, 3.63) is 0 Å². The van der Waals surface area contributed by atoms with Crippen LogP contribution in [-0.2, 0) is 19.0 Å². The van der Waals surface area contributed by atoms with Gasteiger partial charge in [0, 0.05) is 18.5 Å². The van der Waals surface area contributed by atoms with E-state index in [1.807, 2.05) is 0 Å². The monoisotopic (exact) mass is 277 g/mol. The van der Waals surface area contributed by atoms with Crippen molar-refractivity contribution in [2.45, 2.75) is 32.3 Å². The third kappa shape index (κ3) is 2.95. The number of carbonyl (C=O) groups is 1. The Hall–Kier alpha value is -0.820. The van der Waals surface area contributed by atoms with Gasteiger partial charge in [0.25, 0.3) is 10.1 Å². The normalized spacial score (nSPS) is 26.1. The van der Waals surface area contributed by atoms with E-state index in [1.165, 1.54) is 0 Å². The molecule has 1 saturated heterocycles. The highest BCUT2D eigenvalue weighted by atomic mass is 32.2. The Morgan fingerprint density at radius 3 is 2.67 bits per heavy atom. The second kappa shape index (κ2) is 4.70. The summed E-state index contributed by atoms with van der Waals surface area (Å²) in [4.78, 5) is 13.1. The summed E-state index contributed by atoms with van der Waals surface area (Å²) in [7, 11) is -3.39. The van der Waals surface area contributed by atoms with Crippen molar-refractivity contribution in [3.63, 3.8) is 0 Å². The molecule has 104 valence electrons. The van der Waals surface area contributed by atoms with Crippen molar-refractivity contribution in [1.82, 2.24) is 4.90 Å². The summed E-state index contributed by atoms with van der Waals surface area (Å²) in [5.74, 6) is 0. The zero-order valence-electron chi connectivity index (χ0n) is 10.7. The number of ether oxygens (including phenoxy) is 1. The lowest BCUT2D eigenvalue weighted by atomic mass is 9.78. The van der Waals surface area contributed by atoms with Crippen molar-refractivity contribution < 1.29 is 22.1 Å². The Morgan fingerprint density at radius 2 is 2.11 bits per heavy atom. The molecule has 2 fully saturated rings. The number of carbonyl (C=O) groups excluding carboxylic acids is 1. The molecule has 1 saturated carbocycles. The first-order valence-corrected chi connectivity index (χ1v) is 7.95. The average Bonchev–Trinajstić information content (AvgIpc) is 2.57. The van der Waals surface area contributed by atoms with Crippen LogP contribution >= 0.6 is 0 Å². The predicted octanol–water partition coefficient (Wildman–Crippen LogP) is 0.974. The lowest BCUT2D eigenvalue weighted by molar-refractivity contribution is -0.00359. The Balaban J connectivity index is 1.83. The molecule has 2 rings (SSSR count). The zero-order chi connectivity index (χ0) is 13.4. The van der Waals surface area contributed by atoms with Gasteiger partial charge in [0.15, 0.2) is 0 Å². The van der Waals surface area contributed by atoms with Crippen LogP contribution in [0, 0.1) is 5.41 Å². The molecule has 7 heteroatoms. The lowest BCUT2D eigenvalue weighted by Gasteiger charge is -2.47. The van der Waals surface area contributed by atoms with Gasteiger partial charge < -0.3 is 9.64 Å². The maximum absolute atomic E-state index is 11.5. The lowest BCUT2D eigenvalue weighted by Crippen LogP contribution is -2.57. The number of likely N-dealkylation sites (tertiary alicyclic amines) is 1. The Kier molecular flexibility index (Phi) is 3.55. The van der Waals surface area contributed by atoms with Crippen molar-refractivity contribution in [2.24, 2.45) is 5.41 Å². The number of hydrogen-bond donors (Lipinski definition) is 0. The highest BCUT2D eigenvalue weighted by Gasteiger charge is 2.51. The molecule has 0 N–H and O–H groups in total. The second-order valence-electron chi connectivity index (χ2n) is 5.22. The molecule has 1 spiro atoms. The molecule has 0 aromatic heterocycles. The van der Waals surface area contributed by atoms with E-state index in [0.717, 1.165) is 19.1 Å². The van der Waals surface area contributed by atoms with E-state index in [9.17, 15) is 13.2 Å². The van der Waals surface area contributed by atoms with E-state index >= 15 is 0 Å². The fraction of sp³-hybridized carbons (Fsp3) is 0.909. The van der Waals surface area contributed by atoms with Gasteiger partial charge in [-0.3, -0.25) is 4.18 Å². The van der Waals surface area contributed by atoms with Gasteiger partial charge in [-0.05, 0) is 26.2 Å². The minimum Gasteiger partial charge on any atom is -0.450 e. The van der Waals surface area contributed by atoms with E-state index < -0.39 is 10.1 Å². The van der Waals surface area contributed by atoms with Crippen LogP contribution in [-0.4, -0.2) is 51.5 Å². The van der Waals surface area contributed by atoms with Crippen LogP contribution in [0.1, 0.15) is 26.2 Å². The minimum absolute atomic E-state index is 0.0438. The molecule has 0 radical (unpaired) electrons. The quantitative estimate of drug-likeness (QED) is 0.719. The first kappa shape index (κ1) is 13.6. The molecule has 1 heterocycles. The topological polar surface area (TPSA) is 72.9 Å². The van der Waals surface area contributed by atoms with E-state index in [4.69, 9.17) is 8.92 Å². The van der Waals surface area contributed by atoms with E-state index in [-0.39, 0.29) is 17.6 Å². The van der Waals surface area contributed by atoms with Crippen LogP contribution < -0.4 is 0 Å². The molecule has 6 nitrogen and oxygen atoms in total. The highest BCUT2D eigenvalue weighted by Crippen LogP contribution is 2.46. The average molecular weight is 277 g/mol. The second-order valence-corrected chi connectivity index (χ2v) is 6.82. The molecule has 0 bridgehead atoms. The van der Waals surface area contributed by atoms with Gasteiger partial charge in [0.2, 0.25) is 0 Å². The van der Waals surface area contributed by atoms with Gasteiger partial charge >= 0.3 is 6.09 Å². The third-order valence-corrected chi connectivity index (χ3v) is 4.17. The van der Waals surface area contributed by atoms with Crippen molar-refractivity contribution in [1.29, 1.82) is 0 Å². The van der Waals surface area contributed by atoms with Crippen molar-refractivity contribution >= 4 is 16.2 Å². The Morgan fingerprint density at radius 1 is 1.44 bits per heavy atom. The third-order valence-electron chi connectivity index (χ3n) is 3.55. The number of amides is 1. The van der Waals surface area contributed by atoms with Gasteiger partial charge in [-0.15, -0.1) is 0 Å². The Bertz CT molecular complexity index is 427. The molecule has 1 aliphatic carbocycles. The summed E-state index contributed by atoms with van der Waals surface area (Å²) < 4.78 is 32.0. The molecule has 1 amide bonds. The number of hydrogen-bond acceptors (Lipinski definition) is 5. The van der Waals surface area contributed by atoms with Gasteiger partial charge in [0.1, 0.15) is 0 Å². The summed E-state index contributed by atoms with van der Waals surface area (Å²) in [6, 6.07) is 0. The van der Waals surface area contributed by atoms with Crippen LogP contribution in [0.5, 0.6) is 0 Å². The van der Waals surface area contributed by atoms with E-state index in [0.29, 0.717) is 26.1 Å². The van der Waals surface area contributed by atoms with Crippen molar-refractivity contribution in [2.75, 3.05) is 26.0 Å². The summed E-state index contributed by atoms with van der Waals surface area (Å²) in [5.41, 5.74) is 0.0438. The van der Waals surface area contributed by atoms with Gasteiger partial charge in [-0.1, -0.05) is 0 Å². The van der Waals surface area contributed by atoms with Crippen LogP contribution in [0.4, 0.5) is 4.79 Å². The first-order valence-electron chi connectivity index (χ1n) is 6.13. The molecule has 0 aromatic rings. The smallest absolute Gasteiger partial charge is 0.409 e. The molecule has 0 aromatic carbocycles. The maximum atomic E-state index is 11.5. The Labute approximate surface area is 107 Å². The molecule has 1 atom stereocenters. The zero-order valence-corrected chi connectivity index (χ0v) is 11.5. The predicted molar refractivity (Wildman–Crippen MR) is 64.6 cm³/mol. The van der Waals surface area contributed by atoms with Crippen LogP contribution in [0.3, 0.4) is 0 Å². The molecule has 1 aliphatic heterocycles. The highest BCUT2D eigenvalue weighted by molar-refractivity contribution is 7.86. The summed E-state index contributed by atoms with van der Waals surface area (Å²) in [5, 5.41) is 0. The number of nitrogens with zero attached hydrogens (tertiary/aromatic N) is 1. The summed E-state index contributed by atoms with van der Waals surface area (Å²) >= 11 is 0. The maximum Gasteiger partial charge on any atom is 0.409 e. The SMILES string of the molecule is CCOC(=O)N1CC2(CCC(OS(C)(=O)=O)C2)C1. The van der Waals surface area contributed by atoms with Crippen LogP contribution in [0.15, 0.2) is 0 Å². The first-order chi connectivity index (χ1) is 8.34. The number of rotatable bonds is 3. The van der Waals surface area contributed by atoms with Gasteiger partial charge in [-0.2, -0.15) is 8.42 Å². The summed E-state index contributed by atoms with van der Waals surface area (Å²) in [6.45, 7) is 3.45. The van der Waals surface area contributed by atoms with E-state index in [2.05, 4.69) is 0 Å². The molecule has 18 heavy (non-hydrogen) atoms. The fourth-order valence-corrected chi connectivity index (χ4v) is 3.54.